The van der Waals surface area contributed by atoms with E-state index in [0.717, 1.165) is 35.3 Å². The fourth-order valence-electron chi connectivity index (χ4n) is 2.69. The average molecular weight is 364 g/mol. The number of fused-ring (bicyclic) bond motifs is 2. The van der Waals surface area contributed by atoms with Crippen LogP contribution < -0.4 is 5.32 Å². The monoisotopic (exact) mass is 363 g/mol. The second kappa shape index (κ2) is 5.87. The van der Waals surface area contributed by atoms with Crippen LogP contribution in [0, 0.1) is 0 Å². The van der Waals surface area contributed by atoms with Crippen LogP contribution in [0.15, 0.2) is 24.3 Å². The van der Waals surface area contributed by atoms with Gasteiger partial charge >= 0.3 is 0 Å². The van der Waals surface area contributed by atoms with E-state index in [9.17, 15) is 4.79 Å². The molecule has 2 aromatic heterocycles. The lowest BCUT2D eigenvalue weighted by Gasteiger charge is -2.20. The predicted octanol–water partition coefficient (Wildman–Crippen LogP) is 4.25. The van der Waals surface area contributed by atoms with Gasteiger partial charge in [0.1, 0.15) is 4.88 Å². The number of benzene rings is 1. The van der Waals surface area contributed by atoms with Gasteiger partial charge in [0, 0.05) is 34.5 Å². The number of carbonyl (C=O) groups excluding carboxylic acids is 1. The number of hydrogen-bond donors (Lipinski definition) is 1. The first kappa shape index (κ1) is 15.1. The quantitative estimate of drug-likeness (QED) is 0.740. The van der Waals surface area contributed by atoms with E-state index < -0.39 is 0 Å². The lowest BCUT2D eigenvalue weighted by molar-refractivity contribution is 0.103. The number of nitrogens with zero attached hydrogens (tertiary/aromatic N) is 2. The third-order valence-electron chi connectivity index (χ3n) is 3.88. The normalized spacial score (nSPS) is 14.9. The molecule has 23 heavy (non-hydrogen) atoms. The van der Waals surface area contributed by atoms with Gasteiger partial charge in [-0.1, -0.05) is 29.8 Å². The molecular weight excluding hydrogens is 350 g/mol. The van der Waals surface area contributed by atoms with Crippen molar-refractivity contribution in [2.45, 2.75) is 13.0 Å². The van der Waals surface area contributed by atoms with E-state index in [0.29, 0.717) is 15.0 Å². The van der Waals surface area contributed by atoms with Crippen molar-refractivity contribution < 1.29 is 4.79 Å². The maximum atomic E-state index is 12.6. The van der Waals surface area contributed by atoms with Gasteiger partial charge in [-0.3, -0.25) is 10.1 Å². The number of hydrogen-bond acceptors (Lipinski definition) is 5. The fourth-order valence-corrected chi connectivity index (χ4v) is 5.19. The second-order valence-corrected chi connectivity index (χ2v) is 8.09. The Morgan fingerprint density at radius 1 is 1.35 bits per heavy atom. The van der Waals surface area contributed by atoms with Crippen molar-refractivity contribution in [2.24, 2.45) is 0 Å². The summed E-state index contributed by atoms with van der Waals surface area (Å²) in [5.41, 5.74) is 1.10. The molecule has 1 N–H and O–H groups in total. The van der Waals surface area contributed by atoms with Crippen molar-refractivity contribution in [1.29, 1.82) is 0 Å². The molecular formula is C16H14ClN3OS2. The molecule has 1 amide bonds. The summed E-state index contributed by atoms with van der Waals surface area (Å²) in [5.74, 6) is -0.185. The largest absolute Gasteiger partial charge is 0.301 e. The minimum absolute atomic E-state index is 0.185. The van der Waals surface area contributed by atoms with Gasteiger partial charge in [-0.25, -0.2) is 4.98 Å². The van der Waals surface area contributed by atoms with E-state index in [1.54, 1.807) is 11.3 Å². The van der Waals surface area contributed by atoms with Crippen LogP contribution in [-0.2, 0) is 13.0 Å². The van der Waals surface area contributed by atoms with E-state index in [2.05, 4.69) is 22.2 Å². The van der Waals surface area contributed by atoms with Crippen LogP contribution in [0.1, 0.15) is 20.2 Å². The molecule has 1 aliphatic rings. The molecule has 0 unspecified atom stereocenters. The molecule has 0 saturated heterocycles. The number of thiazole rings is 1. The second-order valence-electron chi connectivity index (χ2n) is 5.57. The van der Waals surface area contributed by atoms with Crippen molar-refractivity contribution in [1.82, 2.24) is 9.88 Å². The Morgan fingerprint density at radius 3 is 3.00 bits per heavy atom. The summed E-state index contributed by atoms with van der Waals surface area (Å²) < 4.78 is 1.02. The first-order valence-corrected chi connectivity index (χ1v) is 9.28. The van der Waals surface area contributed by atoms with Gasteiger partial charge in [0.2, 0.25) is 0 Å². The summed E-state index contributed by atoms with van der Waals surface area (Å²) in [7, 11) is 2.10. The number of anilines is 1. The maximum absolute atomic E-state index is 12.6. The number of thiophene rings is 1. The van der Waals surface area contributed by atoms with Crippen LogP contribution in [-0.4, -0.2) is 29.4 Å². The summed E-state index contributed by atoms with van der Waals surface area (Å²) in [5, 5.41) is 5.00. The van der Waals surface area contributed by atoms with Gasteiger partial charge < -0.3 is 4.90 Å². The number of likely N-dealkylation sites (N-methyl/N-ethyl adjacent to an activating group) is 1. The zero-order chi connectivity index (χ0) is 16.0. The van der Waals surface area contributed by atoms with Crippen LogP contribution in [0.3, 0.4) is 0 Å². The van der Waals surface area contributed by atoms with Gasteiger partial charge in [-0.2, -0.15) is 0 Å². The van der Waals surface area contributed by atoms with Crippen molar-refractivity contribution >= 4 is 55.4 Å². The van der Waals surface area contributed by atoms with Gasteiger partial charge in [-0.15, -0.1) is 22.7 Å². The number of aromatic nitrogens is 1. The Morgan fingerprint density at radius 2 is 2.17 bits per heavy atom. The molecule has 4 rings (SSSR count). The van der Waals surface area contributed by atoms with Crippen molar-refractivity contribution in [3.05, 3.63) is 44.7 Å². The summed E-state index contributed by atoms with van der Waals surface area (Å²) >= 11 is 9.33. The van der Waals surface area contributed by atoms with Crippen molar-refractivity contribution in [3.8, 4) is 0 Å². The molecule has 1 aliphatic heterocycles. The molecule has 118 valence electrons. The zero-order valence-corrected chi connectivity index (χ0v) is 14.8. The molecule has 1 aromatic carbocycles. The third kappa shape index (κ3) is 2.76. The highest BCUT2D eigenvalue weighted by molar-refractivity contribution is 7.22. The number of carbonyl (C=O) groups is 1. The van der Waals surface area contributed by atoms with Crippen molar-refractivity contribution in [3.63, 3.8) is 0 Å². The lowest BCUT2D eigenvalue weighted by atomic mass is 10.2. The summed E-state index contributed by atoms with van der Waals surface area (Å²) in [6, 6.07) is 7.78. The molecule has 0 fully saturated rings. The van der Waals surface area contributed by atoms with Crippen LogP contribution in [0.5, 0.6) is 0 Å². The minimum atomic E-state index is -0.185. The lowest BCUT2D eigenvalue weighted by Crippen LogP contribution is -2.25. The van der Waals surface area contributed by atoms with Crippen LogP contribution in [0.4, 0.5) is 5.13 Å². The van der Waals surface area contributed by atoms with Crippen LogP contribution in [0.2, 0.25) is 5.02 Å². The van der Waals surface area contributed by atoms with Gasteiger partial charge in [-0.05, 0) is 13.1 Å². The first-order chi connectivity index (χ1) is 11.1. The number of nitrogens with one attached hydrogen (secondary N) is 1. The number of halogens is 1. The molecule has 0 saturated carbocycles. The van der Waals surface area contributed by atoms with Gasteiger partial charge in [0.15, 0.2) is 5.13 Å². The molecule has 3 heterocycles. The topological polar surface area (TPSA) is 45.2 Å². The average Bonchev–Trinajstić information content (AvgIpc) is 3.08. The van der Waals surface area contributed by atoms with Crippen LogP contribution >= 0.6 is 34.3 Å². The Labute approximate surface area is 146 Å². The maximum Gasteiger partial charge on any atom is 0.269 e. The summed E-state index contributed by atoms with van der Waals surface area (Å²) in [6.45, 7) is 1.90. The Hall–Kier alpha value is -1.47. The highest BCUT2D eigenvalue weighted by Gasteiger charge is 2.21. The van der Waals surface area contributed by atoms with Gasteiger partial charge in [0.05, 0.1) is 10.7 Å². The van der Waals surface area contributed by atoms with Gasteiger partial charge in [0.25, 0.3) is 5.91 Å². The molecule has 0 aliphatic carbocycles. The molecule has 4 nitrogen and oxygen atoms in total. The molecule has 0 spiro atoms. The van der Waals surface area contributed by atoms with Crippen molar-refractivity contribution in [2.75, 3.05) is 18.9 Å². The highest BCUT2D eigenvalue weighted by Crippen LogP contribution is 2.36. The standard InChI is InChI=1S/C16H14ClN3OS2/c1-20-7-6-10-12(8-20)23-16(18-10)19-15(21)14-13(17)9-4-2-3-5-11(9)22-14/h2-5H,6-8H2,1H3,(H,18,19,21). The molecule has 7 heteroatoms. The fraction of sp³-hybridized carbons (Fsp3) is 0.250. The highest BCUT2D eigenvalue weighted by atomic mass is 35.5. The van der Waals surface area contributed by atoms with E-state index in [4.69, 9.17) is 11.6 Å². The van der Waals surface area contributed by atoms with E-state index in [1.807, 2.05) is 24.3 Å². The Kier molecular flexibility index (Phi) is 3.85. The van der Waals surface area contributed by atoms with E-state index in [1.165, 1.54) is 16.2 Å². The van der Waals surface area contributed by atoms with E-state index in [-0.39, 0.29) is 5.91 Å². The Bertz CT molecular complexity index is 902. The SMILES string of the molecule is CN1CCc2nc(NC(=O)c3sc4ccccc4c3Cl)sc2C1. The third-order valence-corrected chi connectivity index (χ3v) is 6.56. The molecule has 3 aromatic rings. The number of rotatable bonds is 2. The first-order valence-electron chi connectivity index (χ1n) is 7.27. The van der Waals surface area contributed by atoms with E-state index >= 15 is 0 Å². The predicted molar refractivity (Wildman–Crippen MR) is 96.9 cm³/mol. The molecule has 0 radical (unpaired) electrons. The summed E-state index contributed by atoms with van der Waals surface area (Å²) in [4.78, 5) is 21.1. The smallest absolute Gasteiger partial charge is 0.269 e. The Balaban J connectivity index is 1.61. The summed E-state index contributed by atoms with van der Waals surface area (Å²) in [6.07, 6.45) is 0.932. The number of amides is 1. The molecule has 0 atom stereocenters. The zero-order valence-electron chi connectivity index (χ0n) is 12.4. The molecule has 0 bridgehead atoms. The minimum Gasteiger partial charge on any atom is -0.301 e. The van der Waals surface area contributed by atoms with Crippen LogP contribution in [0.25, 0.3) is 10.1 Å².